The van der Waals surface area contributed by atoms with E-state index in [4.69, 9.17) is 16.3 Å². The number of halogens is 1. The number of hydrogen-bond donors (Lipinski definition) is 2. The molecule has 3 nitrogen and oxygen atoms in total. The van der Waals surface area contributed by atoms with E-state index in [1.807, 2.05) is 18.2 Å². The molecule has 1 aliphatic rings. The molecule has 3 rings (SSSR count). The highest BCUT2D eigenvalue weighted by atomic mass is 35.5. The normalized spacial score (nSPS) is 17.0. The first-order valence-electron chi connectivity index (χ1n) is 6.16. The van der Waals surface area contributed by atoms with Crippen LogP contribution in [0.4, 0.5) is 0 Å². The van der Waals surface area contributed by atoms with Crippen LogP contribution in [-0.2, 0) is 6.54 Å². The van der Waals surface area contributed by atoms with Gasteiger partial charge in [0.05, 0.1) is 6.04 Å². The Balaban J connectivity index is 1.72. The minimum atomic E-state index is 0.148. The van der Waals surface area contributed by atoms with E-state index < -0.39 is 0 Å². The predicted molar refractivity (Wildman–Crippen MR) is 74.6 cm³/mol. The lowest BCUT2D eigenvalue weighted by Gasteiger charge is -2.12. The highest BCUT2D eigenvalue weighted by molar-refractivity contribution is 6.30. The summed E-state index contributed by atoms with van der Waals surface area (Å²) in [5, 5.41) is 13.8. The van der Waals surface area contributed by atoms with Gasteiger partial charge in [0, 0.05) is 22.7 Å². The van der Waals surface area contributed by atoms with Crippen molar-refractivity contribution in [3.05, 3.63) is 58.6 Å². The molecule has 98 valence electrons. The maximum Gasteiger partial charge on any atom is 0.124 e. The number of rotatable bonds is 3. The average molecular weight is 276 g/mol. The van der Waals surface area contributed by atoms with Gasteiger partial charge in [0.15, 0.2) is 0 Å². The second-order valence-electron chi connectivity index (χ2n) is 4.56. The SMILES string of the molecule is Oc1ccc(Cl)cc1CNC1COc2ccccc21. The highest BCUT2D eigenvalue weighted by Gasteiger charge is 2.23. The first-order valence-corrected chi connectivity index (χ1v) is 6.54. The Morgan fingerprint density at radius 1 is 1.26 bits per heavy atom. The number of para-hydroxylation sites is 1. The number of fused-ring (bicyclic) bond motifs is 1. The topological polar surface area (TPSA) is 41.5 Å². The van der Waals surface area contributed by atoms with Gasteiger partial charge in [-0.25, -0.2) is 0 Å². The summed E-state index contributed by atoms with van der Waals surface area (Å²) in [6, 6.07) is 13.2. The molecule has 1 unspecified atom stereocenters. The quantitative estimate of drug-likeness (QED) is 0.903. The lowest BCUT2D eigenvalue weighted by molar-refractivity contribution is 0.310. The van der Waals surface area contributed by atoms with Crippen molar-refractivity contribution in [1.29, 1.82) is 0 Å². The molecule has 0 radical (unpaired) electrons. The van der Waals surface area contributed by atoms with Crippen LogP contribution in [0.3, 0.4) is 0 Å². The fourth-order valence-corrected chi connectivity index (χ4v) is 2.46. The number of benzene rings is 2. The fourth-order valence-electron chi connectivity index (χ4n) is 2.26. The van der Waals surface area contributed by atoms with Crippen LogP contribution in [0.1, 0.15) is 17.2 Å². The Morgan fingerprint density at radius 2 is 2.11 bits per heavy atom. The third-order valence-corrected chi connectivity index (χ3v) is 3.52. The summed E-state index contributed by atoms with van der Waals surface area (Å²) in [7, 11) is 0. The number of phenolic OH excluding ortho intramolecular Hbond substituents is 1. The smallest absolute Gasteiger partial charge is 0.124 e. The van der Waals surface area contributed by atoms with Gasteiger partial charge in [-0.1, -0.05) is 29.8 Å². The molecule has 1 aliphatic heterocycles. The summed E-state index contributed by atoms with van der Waals surface area (Å²) in [6.07, 6.45) is 0. The Bertz CT molecular complexity index is 600. The van der Waals surface area contributed by atoms with Crippen LogP contribution in [0.25, 0.3) is 0 Å². The van der Waals surface area contributed by atoms with Gasteiger partial charge in [0.25, 0.3) is 0 Å². The van der Waals surface area contributed by atoms with E-state index in [1.165, 1.54) is 0 Å². The van der Waals surface area contributed by atoms with E-state index in [1.54, 1.807) is 18.2 Å². The van der Waals surface area contributed by atoms with Crippen molar-refractivity contribution in [2.75, 3.05) is 6.61 Å². The fraction of sp³-hybridized carbons (Fsp3) is 0.200. The molecular formula is C15H14ClNO2. The van der Waals surface area contributed by atoms with Gasteiger partial charge in [-0.15, -0.1) is 0 Å². The molecule has 4 heteroatoms. The molecule has 0 aliphatic carbocycles. The van der Waals surface area contributed by atoms with Crippen molar-refractivity contribution in [2.45, 2.75) is 12.6 Å². The van der Waals surface area contributed by atoms with Crippen LogP contribution in [0.15, 0.2) is 42.5 Å². The molecule has 2 N–H and O–H groups in total. The van der Waals surface area contributed by atoms with Crippen molar-refractivity contribution in [3.8, 4) is 11.5 Å². The molecule has 0 amide bonds. The van der Waals surface area contributed by atoms with E-state index >= 15 is 0 Å². The van der Waals surface area contributed by atoms with Gasteiger partial charge < -0.3 is 15.2 Å². The van der Waals surface area contributed by atoms with Crippen molar-refractivity contribution in [3.63, 3.8) is 0 Å². The second kappa shape index (κ2) is 5.11. The first kappa shape index (κ1) is 12.3. The Kier molecular flexibility index (Phi) is 3.32. The molecule has 1 atom stereocenters. The Morgan fingerprint density at radius 3 is 3.00 bits per heavy atom. The predicted octanol–water partition coefficient (Wildman–Crippen LogP) is 3.27. The number of nitrogens with one attached hydrogen (secondary N) is 1. The van der Waals surface area contributed by atoms with Gasteiger partial charge in [0.1, 0.15) is 18.1 Å². The highest BCUT2D eigenvalue weighted by Crippen LogP contribution is 2.32. The van der Waals surface area contributed by atoms with Crippen LogP contribution in [0, 0.1) is 0 Å². The van der Waals surface area contributed by atoms with Gasteiger partial charge >= 0.3 is 0 Å². The summed E-state index contributed by atoms with van der Waals surface area (Å²) in [5.41, 5.74) is 1.95. The van der Waals surface area contributed by atoms with Gasteiger partial charge in [-0.05, 0) is 24.3 Å². The molecule has 0 saturated carbocycles. The maximum absolute atomic E-state index is 9.77. The van der Waals surface area contributed by atoms with Crippen molar-refractivity contribution in [2.24, 2.45) is 0 Å². The van der Waals surface area contributed by atoms with E-state index in [2.05, 4.69) is 11.4 Å². The molecule has 0 fully saturated rings. The third kappa shape index (κ3) is 2.53. The monoisotopic (exact) mass is 275 g/mol. The zero-order valence-electron chi connectivity index (χ0n) is 10.3. The summed E-state index contributed by atoms with van der Waals surface area (Å²) in [6.45, 7) is 1.16. The lowest BCUT2D eigenvalue weighted by Crippen LogP contribution is -2.22. The van der Waals surface area contributed by atoms with Gasteiger partial charge in [0.2, 0.25) is 0 Å². The molecule has 19 heavy (non-hydrogen) atoms. The minimum absolute atomic E-state index is 0.148. The Labute approximate surface area is 116 Å². The number of phenols is 1. The molecule has 2 aromatic carbocycles. The molecule has 0 saturated heterocycles. The zero-order valence-corrected chi connectivity index (χ0v) is 11.0. The average Bonchev–Trinajstić information content (AvgIpc) is 2.83. The van der Waals surface area contributed by atoms with E-state index in [0.717, 1.165) is 16.9 Å². The number of hydrogen-bond acceptors (Lipinski definition) is 3. The van der Waals surface area contributed by atoms with Crippen LogP contribution >= 0.6 is 11.6 Å². The summed E-state index contributed by atoms with van der Waals surface area (Å²) in [5.74, 6) is 1.18. The molecule has 2 aromatic rings. The van der Waals surface area contributed by atoms with Gasteiger partial charge in [-0.3, -0.25) is 0 Å². The van der Waals surface area contributed by atoms with Gasteiger partial charge in [-0.2, -0.15) is 0 Å². The molecule has 1 heterocycles. The summed E-state index contributed by atoms with van der Waals surface area (Å²) in [4.78, 5) is 0. The first-order chi connectivity index (χ1) is 9.24. The molecule has 0 bridgehead atoms. The van der Waals surface area contributed by atoms with Crippen LogP contribution in [-0.4, -0.2) is 11.7 Å². The summed E-state index contributed by atoms with van der Waals surface area (Å²) < 4.78 is 5.60. The molecular weight excluding hydrogens is 262 g/mol. The van der Waals surface area contributed by atoms with Crippen LogP contribution in [0.5, 0.6) is 11.5 Å². The zero-order chi connectivity index (χ0) is 13.2. The van der Waals surface area contributed by atoms with E-state index in [-0.39, 0.29) is 11.8 Å². The summed E-state index contributed by atoms with van der Waals surface area (Å²) >= 11 is 5.93. The van der Waals surface area contributed by atoms with Crippen LogP contribution in [0.2, 0.25) is 5.02 Å². The van der Waals surface area contributed by atoms with E-state index in [0.29, 0.717) is 18.2 Å². The molecule has 0 aromatic heterocycles. The molecule has 0 spiro atoms. The van der Waals surface area contributed by atoms with Crippen molar-refractivity contribution in [1.82, 2.24) is 5.32 Å². The number of ether oxygens (including phenoxy) is 1. The third-order valence-electron chi connectivity index (χ3n) is 3.28. The van der Waals surface area contributed by atoms with Crippen molar-refractivity contribution < 1.29 is 9.84 Å². The maximum atomic E-state index is 9.77. The largest absolute Gasteiger partial charge is 0.508 e. The number of aromatic hydroxyl groups is 1. The standard InChI is InChI=1S/C15H14ClNO2/c16-11-5-6-14(18)10(7-11)8-17-13-9-19-15-4-2-1-3-12(13)15/h1-7,13,17-18H,8-9H2. The minimum Gasteiger partial charge on any atom is -0.508 e. The van der Waals surface area contributed by atoms with Crippen molar-refractivity contribution >= 4 is 11.6 Å². The lowest BCUT2D eigenvalue weighted by atomic mass is 10.1. The van der Waals surface area contributed by atoms with E-state index in [9.17, 15) is 5.11 Å². The van der Waals surface area contributed by atoms with Crippen LogP contribution < -0.4 is 10.1 Å². The second-order valence-corrected chi connectivity index (χ2v) is 4.99. The Hall–Kier alpha value is -1.71.